The van der Waals surface area contributed by atoms with Crippen molar-refractivity contribution in [2.45, 2.75) is 81.6 Å². The van der Waals surface area contributed by atoms with Gasteiger partial charge in [0.05, 0.1) is 29.8 Å². The Hall–Kier alpha value is -1.97. The highest BCUT2D eigenvalue weighted by molar-refractivity contribution is 6.29. The lowest BCUT2D eigenvalue weighted by Gasteiger charge is -2.54. The van der Waals surface area contributed by atoms with Gasteiger partial charge >= 0.3 is 5.97 Å². The molecule has 0 spiro atoms. The Morgan fingerprint density at radius 3 is 2.38 bits per heavy atom. The molecule has 3 fully saturated rings. The number of nitrogens with zero attached hydrogens (tertiary/aromatic N) is 1. The fourth-order valence-corrected chi connectivity index (χ4v) is 4.76. The van der Waals surface area contributed by atoms with Crippen molar-refractivity contribution >= 4 is 29.2 Å². The standard InChI is InChI=1S/C22H32ClFN4O4/c1-20(2,32)16(24)13-26-19(31)14-12-25-17(23)11-15(14)28-22-7-4-21(5-8-22,6-9-22)27-10-3-18(29)30/h11-12,16,27,32H,3-10,13H2,1-2H3,(H,25,28)(H,26,31)(H,29,30)/t16-,21?,22?/m1/s1. The van der Waals surface area contributed by atoms with E-state index in [0.29, 0.717) is 12.2 Å². The van der Waals surface area contributed by atoms with E-state index in [9.17, 15) is 19.1 Å². The van der Waals surface area contributed by atoms with Crippen molar-refractivity contribution in [1.29, 1.82) is 0 Å². The molecule has 3 saturated carbocycles. The predicted molar refractivity (Wildman–Crippen MR) is 120 cm³/mol. The molecule has 0 aromatic carbocycles. The average Bonchev–Trinajstić information content (AvgIpc) is 2.72. The van der Waals surface area contributed by atoms with Gasteiger partial charge < -0.3 is 26.2 Å². The van der Waals surface area contributed by atoms with Gasteiger partial charge in [-0.2, -0.15) is 0 Å². The first-order chi connectivity index (χ1) is 14.9. The van der Waals surface area contributed by atoms with E-state index in [1.165, 1.54) is 20.0 Å². The highest BCUT2D eigenvalue weighted by Gasteiger charge is 2.48. The molecular formula is C22H32ClFN4O4. The number of carbonyl (C=O) groups excluding carboxylic acids is 1. The van der Waals surface area contributed by atoms with E-state index in [1.54, 1.807) is 6.07 Å². The molecule has 2 bridgehead atoms. The minimum absolute atomic E-state index is 0.0256. The number of fused-ring (bicyclic) bond motifs is 3. The molecule has 0 unspecified atom stereocenters. The quantitative estimate of drug-likeness (QED) is 0.333. The molecule has 0 aliphatic heterocycles. The number of hydrogen-bond donors (Lipinski definition) is 5. The van der Waals surface area contributed by atoms with E-state index in [-0.39, 0.29) is 34.8 Å². The molecule has 4 rings (SSSR count). The minimum atomic E-state index is -1.61. The second-order valence-corrected chi connectivity index (χ2v) is 10.0. The highest BCUT2D eigenvalue weighted by Crippen LogP contribution is 2.48. The number of pyridine rings is 1. The largest absolute Gasteiger partial charge is 0.481 e. The summed E-state index contributed by atoms with van der Waals surface area (Å²) in [5, 5.41) is 28.4. The number of amides is 1. The number of hydrogen-bond acceptors (Lipinski definition) is 6. The molecule has 1 aromatic rings. The SMILES string of the molecule is CC(C)(O)[C@H](F)CNC(=O)c1cnc(Cl)cc1NC12CCC(NCCC(=O)O)(CC1)CC2. The molecule has 5 N–H and O–H groups in total. The van der Waals surface area contributed by atoms with Crippen LogP contribution in [-0.2, 0) is 4.79 Å². The third kappa shape index (κ3) is 5.88. The van der Waals surface area contributed by atoms with E-state index in [2.05, 4.69) is 20.9 Å². The summed E-state index contributed by atoms with van der Waals surface area (Å²) in [6.45, 7) is 2.84. The summed E-state index contributed by atoms with van der Waals surface area (Å²) >= 11 is 6.10. The third-order valence-corrected chi connectivity index (χ3v) is 7.02. The van der Waals surface area contributed by atoms with Crippen molar-refractivity contribution in [2.75, 3.05) is 18.4 Å². The van der Waals surface area contributed by atoms with Crippen LogP contribution < -0.4 is 16.0 Å². The molecule has 8 nitrogen and oxygen atoms in total. The third-order valence-electron chi connectivity index (χ3n) is 6.81. The van der Waals surface area contributed by atoms with Crippen molar-refractivity contribution in [3.63, 3.8) is 0 Å². The predicted octanol–water partition coefficient (Wildman–Crippen LogP) is 2.90. The van der Waals surface area contributed by atoms with Gasteiger partial charge in [0.25, 0.3) is 5.91 Å². The van der Waals surface area contributed by atoms with Crippen LogP contribution in [-0.4, -0.2) is 63.0 Å². The molecule has 1 atom stereocenters. The second-order valence-electron chi connectivity index (χ2n) is 9.64. The van der Waals surface area contributed by atoms with Crippen molar-refractivity contribution in [3.05, 3.63) is 23.0 Å². The summed E-state index contributed by atoms with van der Waals surface area (Å²) in [5.41, 5.74) is -0.947. The fourth-order valence-electron chi connectivity index (χ4n) is 4.60. The van der Waals surface area contributed by atoms with Gasteiger partial charge in [0.2, 0.25) is 0 Å². The van der Waals surface area contributed by atoms with Crippen LogP contribution in [0.25, 0.3) is 0 Å². The number of halogens is 2. The molecule has 10 heteroatoms. The Bertz CT molecular complexity index is 836. The first-order valence-corrected chi connectivity index (χ1v) is 11.4. The number of alkyl halides is 1. The molecule has 178 valence electrons. The van der Waals surface area contributed by atoms with E-state index in [4.69, 9.17) is 16.7 Å². The summed E-state index contributed by atoms with van der Waals surface area (Å²) in [5.74, 6) is -1.30. The van der Waals surface area contributed by atoms with E-state index in [1.807, 2.05) is 0 Å². The molecular weight excluding hydrogens is 439 g/mol. The van der Waals surface area contributed by atoms with Crippen LogP contribution in [0, 0.1) is 0 Å². The summed E-state index contributed by atoms with van der Waals surface area (Å²) in [4.78, 5) is 27.6. The summed E-state index contributed by atoms with van der Waals surface area (Å²) in [6, 6.07) is 1.61. The van der Waals surface area contributed by atoms with E-state index in [0.717, 1.165) is 38.5 Å². The van der Waals surface area contributed by atoms with Gasteiger partial charge in [-0.05, 0) is 58.4 Å². The maximum atomic E-state index is 14.1. The number of carboxylic acids is 1. The van der Waals surface area contributed by atoms with Gasteiger partial charge in [-0.3, -0.25) is 9.59 Å². The molecule has 3 aliphatic carbocycles. The fraction of sp³-hybridized carbons (Fsp3) is 0.682. The molecule has 3 aliphatic rings. The normalized spacial score (nSPS) is 25.9. The van der Waals surface area contributed by atoms with Crippen LogP contribution in [0.2, 0.25) is 5.15 Å². The molecule has 0 saturated heterocycles. The van der Waals surface area contributed by atoms with Crippen LogP contribution in [0.5, 0.6) is 0 Å². The van der Waals surface area contributed by atoms with E-state index < -0.39 is 23.6 Å². The summed E-state index contributed by atoms with van der Waals surface area (Å²) in [6.07, 6.45) is 5.22. The zero-order valence-corrected chi connectivity index (χ0v) is 19.3. The van der Waals surface area contributed by atoms with Gasteiger partial charge in [-0.25, -0.2) is 9.37 Å². The summed E-state index contributed by atoms with van der Waals surface area (Å²) in [7, 11) is 0. The van der Waals surface area contributed by atoms with Gasteiger partial charge in [0.15, 0.2) is 0 Å². The van der Waals surface area contributed by atoms with Crippen molar-refractivity contribution in [3.8, 4) is 0 Å². The van der Waals surface area contributed by atoms with Gasteiger partial charge in [0.1, 0.15) is 11.3 Å². The van der Waals surface area contributed by atoms with Crippen LogP contribution in [0.1, 0.15) is 69.2 Å². The minimum Gasteiger partial charge on any atom is -0.481 e. The Morgan fingerprint density at radius 2 is 1.81 bits per heavy atom. The maximum Gasteiger partial charge on any atom is 0.304 e. The maximum absolute atomic E-state index is 14.1. The lowest BCUT2D eigenvalue weighted by atomic mass is 9.61. The van der Waals surface area contributed by atoms with Crippen LogP contribution in [0.4, 0.5) is 10.1 Å². The zero-order chi connectivity index (χ0) is 23.6. The van der Waals surface area contributed by atoms with Crippen molar-refractivity contribution in [2.24, 2.45) is 0 Å². The number of carbonyl (C=O) groups is 2. The Morgan fingerprint density at radius 1 is 1.22 bits per heavy atom. The lowest BCUT2D eigenvalue weighted by Crippen LogP contribution is -2.60. The second kappa shape index (κ2) is 9.49. The monoisotopic (exact) mass is 470 g/mol. The first kappa shape index (κ1) is 24.7. The van der Waals surface area contributed by atoms with Crippen molar-refractivity contribution < 1.29 is 24.2 Å². The zero-order valence-electron chi connectivity index (χ0n) is 18.5. The number of aliphatic hydroxyl groups is 1. The lowest BCUT2D eigenvalue weighted by molar-refractivity contribution is -0.137. The Balaban J connectivity index is 1.66. The van der Waals surface area contributed by atoms with E-state index >= 15 is 0 Å². The molecule has 0 radical (unpaired) electrons. The number of aliphatic carboxylic acids is 1. The summed E-state index contributed by atoms with van der Waals surface area (Å²) < 4.78 is 14.1. The first-order valence-electron chi connectivity index (χ1n) is 11.0. The Kier molecular flexibility index (Phi) is 7.31. The average molecular weight is 471 g/mol. The van der Waals surface area contributed by atoms with Gasteiger partial charge in [-0.15, -0.1) is 0 Å². The van der Waals surface area contributed by atoms with Gasteiger partial charge in [-0.1, -0.05) is 11.6 Å². The number of aromatic nitrogens is 1. The smallest absolute Gasteiger partial charge is 0.304 e. The van der Waals surface area contributed by atoms with Crippen LogP contribution >= 0.6 is 11.6 Å². The molecule has 1 heterocycles. The molecule has 1 amide bonds. The van der Waals surface area contributed by atoms with Gasteiger partial charge in [0, 0.05) is 23.8 Å². The Labute approximate surface area is 192 Å². The number of rotatable bonds is 10. The topological polar surface area (TPSA) is 124 Å². The number of anilines is 1. The van der Waals surface area contributed by atoms with Crippen LogP contribution in [0.3, 0.4) is 0 Å². The van der Waals surface area contributed by atoms with Crippen LogP contribution in [0.15, 0.2) is 12.3 Å². The number of nitrogens with one attached hydrogen (secondary N) is 3. The number of carboxylic acid groups (broad SMARTS) is 1. The van der Waals surface area contributed by atoms with Crippen molar-refractivity contribution in [1.82, 2.24) is 15.6 Å². The molecule has 32 heavy (non-hydrogen) atoms. The highest BCUT2D eigenvalue weighted by atomic mass is 35.5. The molecule has 1 aromatic heterocycles.